The summed E-state index contributed by atoms with van der Waals surface area (Å²) in [6.45, 7) is 1.93. The molecular weight excluding hydrogens is 128 g/mol. The van der Waals surface area contributed by atoms with Crippen molar-refractivity contribution in [3.05, 3.63) is 24.4 Å². The molecule has 1 heterocycles. The molecule has 0 aliphatic heterocycles. The van der Waals surface area contributed by atoms with Crippen molar-refractivity contribution in [1.82, 2.24) is 9.97 Å². The molecule has 0 bridgehead atoms. The van der Waals surface area contributed by atoms with E-state index in [1.807, 2.05) is 6.92 Å². The normalized spacial score (nSPS) is 10.5. The van der Waals surface area contributed by atoms with Crippen LogP contribution in [0.5, 0.6) is 0 Å². The molecule has 4 nitrogen and oxygen atoms in total. The first-order chi connectivity index (χ1) is 4.84. The van der Waals surface area contributed by atoms with Crippen molar-refractivity contribution < 1.29 is 0 Å². The lowest BCUT2D eigenvalue weighted by Gasteiger charge is -1.93. The summed E-state index contributed by atoms with van der Waals surface area (Å²) in [5.74, 6) is 0.807. The number of hydrogen-bond acceptors (Lipinski definition) is 3. The average Bonchev–Trinajstić information content (AvgIpc) is 2.31. The van der Waals surface area contributed by atoms with Gasteiger partial charge in [-0.1, -0.05) is 0 Å². The maximum atomic E-state index is 5.11. The van der Waals surface area contributed by atoms with Gasteiger partial charge in [0.1, 0.15) is 0 Å². The molecule has 0 atom stereocenters. The SMILES string of the molecule is Cc1[nH]cnc1N/C=C\N. The van der Waals surface area contributed by atoms with Crippen LogP contribution in [0.3, 0.4) is 0 Å². The van der Waals surface area contributed by atoms with Gasteiger partial charge in [-0.05, 0) is 6.92 Å². The zero-order valence-corrected chi connectivity index (χ0v) is 5.76. The number of hydrogen-bond donors (Lipinski definition) is 3. The molecule has 0 fully saturated rings. The van der Waals surface area contributed by atoms with Crippen molar-refractivity contribution in [2.45, 2.75) is 6.92 Å². The number of imidazole rings is 1. The lowest BCUT2D eigenvalue weighted by Crippen LogP contribution is -1.91. The summed E-state index contributed by atoms with van der Waals surface area (Å²) in [6, 6.07) is 0. The van der Waals surface area contributed by atoms with E-state index in [1.54, 1.807) is 12.5 Å². The lowest BCUT2D eigenvalue weighted by atomic mass is 10.5. The van der Waals surface area contributed by atoms with Crippen LogP contribution >= 0.6 is 0 Å². The quantitative estimate of drug-likeness (QED) is 0.559. The van der Waals surface area contributed by atoms with Crippen LogP contribution < -0.4 is 11.1 Å². The monoisotopic (exact) mass is 138 g/mol. The second kappa shape index (κ2) is 2.91. The maximum Gasteiger partial charge on any atom is 0.150 e. The summed E-state index contributed by atoms with van der Waals surface area (Å²) in [5.41, 5.74) is 6.11. The van der Waals surface area contributed by atoms with Crippen LogP contribution in [0.25, 0.3) is 0 Å². The van der Waals surface area contributed by atoms with E-state index in [-0.39, 0.29) is 0 Å². The summed E-state index contributed by atoms with van der Waals surface area (Å²) in [6.07, 6.45) is 4.68. The molecule has 1 aromatic rings. The minimum atomic E-state index is 0.807. The van der Waals surface area contributed by atoms with Gasteiger partial charge in [-0.15, -0.1) is 0 Å². The summed E-state index contributed by atoms with van der Waals surface area (Å²) in [7, 11) is 0. The second-order valence-corrected chi connectivity index (χ2v) is 1.88. The number of H-pyrrole nitrogens is 1. The molecule has 4 N–H and O–H groups in total. The van der Waals surface area contributed by atoms with Gasteiger partial charge >= 0.3 is 0 Å². The van der Waals surface area contributed by atoms with E-state index in [2.05, 4.69) is 15.3 Å². The Kier molecular flexibility index (Phi) is 1.94. The molecule has 1 rings (SSSR count). The van der Waals surface area contributed by atoms with Gasteiger partial charge in [-0.3, -0.25) is 0 Å². The molecular formula is C6H10N4. The first kappa shape index (κ1) is 6.67. The molecule has 0 amide bonds. The molecule has 0 aromatic carbocycles. The third-order valence-electron chi connectivity index (χ3n) is 1.15. The average molecular weight is 138 g/mol. The fourth-order valence-electron chi connectivity index (χ4n) is 0.631. The highest BCUT2D eigenvalue weighted by atomic mass is 15.0. The summed E-state index contributed by atoms with van der Waals surface area (Å²) >= 11 is 0. The molecule has 0 radical (unpaired) electrons. The summed E-state index contributed by atoms with van der Waals surface area (Å²) < 4.78 is 0. The Morgan fingerprint density at radius 1 is 1.80 bits per heavy atom. The Morgan fingerprint density at radius 2 is 2.60 bits per heavy atom. The minimum absolute atomic E-state index is 0.807. The highest BCUT2D eigenvalue weighted by molar-refractivity contribution is 5.41. The zero-order valence-electron chi connectivity index (χ0n) is 5.76. The Bertz CT molecular complexity index is 225. The Labute approximate surface area is 59.2 Å². The molecule has 0 saturated carbocycles. The van der Waals surface area contributed by atoms with Gasteiger partial charge in [-0.2, -0.15) is 0 Å². The summed E-state index contributed by atoms with van der Waals surface area (Å²) in [5, 5.41) is 2.89. The minimum Gasteiger partial charge on any atom is -0.403 e. The fraction of sp³-hybridized carbons (Fsp3) is 0.167. The molecule has 10 heavy (non-hydrogen) atoms. The van der Waals surface area contributed by atoms with Gasteiger partial charge in [0.25, 0.3) is 0 Å². The maximum absolute atomic E-state index is 5.11. The molecule has 54 valence electrons. The van der Waals surface area contributed by atoms with Crippen molar-refractivity contribution >= 4 is 5.82 Å². The highest BCUT2D eigenvalue weighted by Crippen LogP contribution is 2.05. The fourth-order valence-corrected chi connectivity index (χ4v) is 0.631. The Balaban J connectivity index is 2.65. The van der Waals surface area contributed by atoms with Crippen LogP contribution in [0, 0.1) is 6.92 Å². The third-order valence-corrected chi connectivity index (χ3v) is 1.15. The first-order valence-electron chi connectivity index (χ1n) is 2.98. The van der Waals surface area contributed by atoms with E-state index in [9.17, 15) is 0 Å². The first-order valence-corrected chi connectivity index (χ1v) is 2.98. The number of anilines is 1. The zero-order chi connectivity index (χ0) is 7.40. The lowest BCUT2D eigenvalue weighted by molar-refractivity contribution is 1.25. The van der Waals surface area contributed by atoms with E-state index in [0.29, 0.717) is 0 Å². The topological polar surface area (TPSA) is 66.7 Å². The molecule has 1 aromatic heterocycles. The van der Waals surface area contributed by atoms with Crippen LogP contribution in [0.4, 0.5) is 5.82 Å². The van der Waals surface area contributed by atoms with Crippen LogP contribution in [0.15, 0.2) is 18.7 Å². The van der Waals surface area contributed by atoms with Crippen molar-refractivity contribution in [3.63, 3.8) is 0 Å². The predicted octanol–water partition coefficient (Wildman–Crippen LogP) is 0.560. The van der Waals surface area contributed by atoms with E-state index in [1.165, 1.54) is 6.20 Å². The number of rotatable bonds is 2. The van der Waals surface area contributed by atoms with Crippen molar-refractivity contribution in [2.24, 2.45) is 5.73 Å². The van der Waals surface area contributed by atoms with Gasteiger partial charge in [0.2, 0.25) is 0 Å². The second-order valence-electron chi connectivity index (χ2n) is 1.88. The predicted molar refractivity (Wildman–Crippen MR) is 40.3 cm³/mol. The third kappa shape index (κ3) is 1.28. The van der Waals surface area contributed by atoms with Crippen LogP contribution in [-0.4, -0.2) is 9.97 Å². The number of aromatic amines is 1. The number of aryl methyl sites for hydroxylation is 1. The van der Waals surface area contributed by atoms with Gasteiger partial charge in [0.15, 0.2) is 5.82 Å². The van der Waals surface area contributed by atoms with Gasteiger partial charge < -0.3 is 16.0 Å². The van der Waals surface area contributed by atoms with Gasteiger partial charge in [0, 0.05) is 12.4 Å². The standard InChI is InChI=1S/C6H10N4/c1-5-6(8-3-2-7)10-4-9-5/h2-4,8H,7H2,1H3,(H,9,10)/b3-2-. The smallest absolute Gasteiger partial charge is 0.150 e. The van der Waals surface area contributed by atoms with Crippen LogP contribution in [-0.2, 0) is 0 Å². The van der Waals surface area contributed by atoms with Crippen LogP contribution in [0.1, 0.15) is 5.69 Å². The Morgan fingerprint density at radius 3 is 3.10 bits per heavy atom. The largest absolute Gasteiger partial charge is 0.403 e. The molecule has 4 heteroatoms. The van der Waals surface area contributed by atoms with Crippen molar-refractivity contribution in [3.8, 4) is 0 Å². The van der Waals surface area contributed by atoms with E-state index in [4.69, 9.17) is 5.73 Å². The Hall–Kier alpha value is -1.45. The van der Waals surface area contributed by atoms with E-state index < -0.39 is 0 Å². The molecule has 0 aliphatic rings. The number of aromatic nitrogens is 2. The highest BCUT2D eigenvalue weighted by Gasteiger charge is 1.94. The number of nitrogens with zero attached hydrogens (tertiary/aromatic N) is 1. The molecule has 0 aliphatic carbocycles. The molecule has 0 saturated heterocycles. The van der Waals surface area contributed by atoms with Gasteiger partial charge in [0.05, 0.1) is 12.0 Å². The van der Waals surface area contributed by atoms with Gasteiger partial charge in [-0.25, -0.2) is 4.98 Å². The molecule has 0 spiro atoms. The van der Waals surface area contributed by atoms with Crippen molar-refractivity contribution in [1.29, 1.82) is 0 Å². The number of nitrogens with two attached hydrogens (primary N) is 1. The van der Waals surface area contributed by atoms with Crippen LogP contribution in [0.2, 0.25) is 0 Å². The van der Waals surface area contributed by atoms with E-state index in [0.717, 1.165) is 11.5 Å². The van der Waals surface area contributed by atoms with Crippen molar-refractivity contribution in [2.75, 3.05) is 5.32 Å². The van der Waals surface area contributed by atoms with E-state index >= 15 is 0 Å². The molecule has 0 unspecified atom stereocenters. The summed E-state index contributed by atoms with van der Waals surface area (Å²) in [4.78, 5) is 6.91. The number of nitrogens with one attached hydrogen (secondary N) is 2.